The zero-order valence-corrected chi connectivity index (χ0v) is 10.7. The summed E-state index contributed by atoms with van der Waals surface area (Å²) < 4.78 is 14.1. The SMILES string of the molecule is Fc1cc(NCc2ccn[nH]2)ccc1N1CCCC1. The van der Waals surface area contributed by atoms with Crippen molar-refractivity contribution < 1.29 is 4.39 Å². The number of rotatable bonds is 4. The molecule has 0 radical (unpaired) electrons. The number of aromatic nitrogens is 2. The second kappa shape index (κ2) is 5.30. The Bertz CT molecular complexity index is 532. The van der Waals surface area contributed by atoms with E-state index in [4.69, 9.17) is 0 Å². The van der Waals surface area contributed by atoms with Gasteiger partial charge in [-0.2, -0.15) is 5.10 Å². The molecule has 0 unspecified atom stereocenters. The second-order valence-electron chi connectivity index (χ2n) is 4.80. The Balaban J connectivity index is 1.68. The highest BCUT2D eigenvalue weighted by Gasteiger charge is 2.16. The molecule has 0 saturated carbocycles. The summed E-state index contributed by atoms with van der Waals surface area (Å²) in [5.41, 5.74) is 2.48. The first-order chi connectivity index (χ1) is 9.33. The fourth-order valence-corrected chi connectivity index (χ4v) is 2.41. The van der Waals surface area contributed by atoms with E-state index in [1.807, 2.05) is 18.2 Å². The topological polar surface area (TPSA) is 44.0 Å². The Labute approximate surface area is 111 Å². The van der Waals surface area contributed by atoms with Crippen LogP contribution in [0.2, 0.25) is 0 Å². The number of halogens is 1. The van der Waals surface area contributed by atoms with Crippen molar-refractivity contribution in [2.75, 3.05) is 23.3 Å². The lowest BCUT2D eigenvalue weighted by molar-refractivity contribution is 0.623. The van der Waals surface area contributed by atoms with Crippen molar-refractivity contribution in [2.45, 2.75) is 19.4 Å². The van der Waals surface area contributed by atoms with E-state index in [1.165, 1.54) is 0 Å². The van der Waals surface area contributed by atoms with Crippen LogP contribution in [0, 0.1) is 5.82 Å². The van der Waals surface area contributed by atoms with Crippen molar-refractivity contribution >= 4 is 11.4 Å². The summed E-state index contributed by atoms with van der Waals surface area (Å²) in [6.07, 6.45) is 4.01. The van der Waals surface area contributed by atoms with Crippen LogP contribution in [0.5, 0.6) is 0 Å². The first-order valence-electron chi connectivity index (χ1n) is 6.59. The molecule has 4 nitrogen and oxygen atoms in total. The highest BCUT2D eigenvalue weighted by molar-refractivity contribution is 5.56. The fraction of sp³-hybridized carbons (Fsp3) is 0.357. The maximum atomic E-state index is 14.1. The molecule has 0 atom stereocenters. The molecule has 1 aromatic carbocycles. The van der Waals surface area contributed by atoms with Gasteiger partial charge < -0.3 is 10.2 Å². The summed E-state index contributed by atoms with van der Waals surface area (Å²) in [5, 5.41) is 9.91. The van der Waals surface area contributed by atoms with Crippen molar-refractivity contribution in [2.24, 2.45) is 0 Å². The number of hydrogen-bond donors (Lipinski definition) is 2. The molecule has 3 rings (SSSR count). The molecule has 19 heavy (non-hydrogen) atoms. The molecular weight excluding hydrogens is 243 g/mol. The average Bonchev–Trinajstić information content (AvgIpc) is 3.10. The second-order valence-corrected chi connectivity index (χ2v) is 4.80. The number of anilines is 2. The van der Waals surface area contributed by atoms with Crippen LogP contribution in [0.25, 0.3) is 0 Å². The number of H-pyrrole nitrogens is 1. The smallest absolute Gasteiger partial charge is 0.148 e. The molecule has 0 spiro atoms. The van der Waals surface area contributed by atoms with Crippen molar-refractivity contribution in [1.29, 1.82) is 0 Å². The Morgan fingerprint density at radius 2 is 2.11 bits per heavy atom. The van der Waals surface area contributed by atoms with Crippen LogP contribution in [0.15, 0.2) is 30.5 Å². The average molecular weight is 260 g/mol. The molecule has 0 amide bonds. The monoisotopic (exact) mass is 260 g/mol. The number of nitrogens with zero attached hydrogens (tertiary/aromatic N) is 2. The summed E-state index contributed by atoms with van der Waals surface area (Å²) in [6, 6.07) is 7.23. The molecule has 2 N–H and O–H groups in total. The van der Waals surface area contributed by atoms with Crippen molar-refractivity contribution in [3.63, 3.8) is 0 Å². The minimum atomic E-state index is -0.156. The molecule has 1 aliphatic rings. The summed E-state index contributed by atoms with van der Waals surface area (Å²) in [4.78, 5) is 2.11. The Morgan fingerprint density at radius 3 is 2.79 bits per heavy atom. The minimum Gasteiger partial charge on any atom is -0.379 e. The van der Waals surface area contributed by atoms with E-state index in [-0.39, 0.29) is 5.82 Å². The lowest BCUT2D eigenvalue weighted by atomic mass is 10.2. The van der Waals surface area contributed by atoms with Gasteiger partial charge in [-0.3, -0.25) is 5.10 Å². The van der Waals surface area contributed by atoms with Crippen LogP contribution in [0.1, 0.15) is 18.5 Å². The zero-order chi connectivity index (χ0) is 13.1. The molecule has 0 bridgehead atoms. The van der Waals surface area contributed by atoms with Crippen LogP contribution in [0.3, 0.4) is 0 Å². The predicted octanol–water partition coefficient (Wildman–Crippen LogP) is 2.76. The van der Waals surface area contributed by atoms with Gasteiger partial charge in [-0.25, -0.2) is 4.39 Å². The molecule has 1 aliphatic heterocycles. The van der Waals surface area contributed by atoms with Gasteiger partial charge in [0, 0.05) is 25.0 Å². The summed E-state index contributed by atoms with van der Waals surface area (Å²) in [7, 11) is 0. The molecule has 2 heterocycles. The van der Waals surface area contributed by atoms with Gasteiger partial charge >= 0.3 is 0 Å². The van der Waals surface area contributed by atoms with Gasteiger partial charge in [0.15, 0.2) is 0 Å². The third-order valence-electron chi connectivity index (χ3n) is 3.44. The predicted molar refractivity (Wildman–Crippen MR) is 73.8 cm³/mol. The van der Waals surface area contributed by atoms with E-state index in [2.05, 4.69) is 20.4 Å². The van der Waals surface area contributed by atoms with E-state index in [1.54, 1.807) is 12.3 Å². The Kier molecular flexibility index (Phi) is 3.35. The summed E-state index contributed by atoms with van der Waals surface area (Å²) in [6.45, 7) is 2.53. The number of nitrogens with one attached hydrogen (secondary N) is 2. The van der Waals surface area contributed by atoms with Crippen LogP contribution < -0.4 is 10.2 Å². The van der Waals surface area contributed by atoms with E-state index >= 15 is 0 Å². The van der Waals surface area contributed by atoms with Crippen molar-refractivity contribution in [3.8, 4) is 0 Å². The Morgan fingerprint density at radius 1 is 1.26 bits per heavy atom. The molecule has 1 aromatic heterocycles. The fourth-order valence-electron chi connectivity index (χ4n) is 2.41. The van der Waals surface area contributed by atoms with Gasteiger partial charge in [-0.05, 0) is 37.1 Å². The third kappa shape index (κ3) is 2.70. The lowest BCUT2D eigenvalue weighted by Crippen LogP contribution is -2.18. The van der Waals surface area contributed by atoms with Crippen molar-refractivity contribution in [3.05, 3.63) is 42.0 Å². The van der Waals surface area contributed by atoms with Crippen LogP contribution in [-0.4, -0.2) is 23.3 Å². The zero-order valence-electron chi connectivity index (χ0n) is 10.7. The highest BCUT2D eigenvalue weighted by atomic mass is 19.1. The maximum Gasteiger partial charge on any atom is 0.148 e. The van der Waals surface area contributed by atoms with E-state index in [0.717, 1.165) is 37.3 Å². The highest BCUT2D eigenvalue weighted by Crippen LogP contribution is 2.26. The van der Waals surface area contributed by atoms with Gasteiger partial charge in [0.2, 0.25) is 0 Å². The molecular formula is C14H17FN4. The van der Waals surface area contributed by atoms with Gasteiger partial charge in [-0.15, -0.1) is 0 Å². The third-order valence-corrected chi connectivity index (χ3v) is 3.44. The van der Waals surface area contributed by atoms with Gasteiger partial charge in [0.25, 0.3) is 0 Å². The van der Waals surface area contributed by atoms with Crippen molar-refractivity contribution in [1.82, 2.24) is 10.2 Å². The van der Waals surface area contributed by atoms with Crippen LogP contribution >= 0.6 is 0 Å². The molecule has 1 fully saturated rings. The van der Waals surface area contributed by atoms with E-state index < -0.39 is 0 Å². The van der Waals surface area contributed by atoms with Gasteiger partial charge in [-0.1, -0.05) is 0 Å². The number of benzene rings is 1. The van der Waals surface area contributed by atoms with E-state index in [9.17, 15) is 4.39 Å². The number of hydrogen-bond acceptors (Lipinski definition) is 3. The lowest BCUT2D eigenvalue weighted by Gasteiger charge is -2.19. The van der Waals surface area contributed by atoms with Gasteiger partial charge in [0.05, 0.1) is 17.9 Å². The molecule has 100 valence electrons. The summed E-state index contributed by atoms with van der Waals surface area (Å²) >= 11 is 0. The molecule has 5 heteroatoms. The largest absolute Gasteiger partial charge is 0.379 e. The maximum absolute atomic E-state index is 14.1. The molecule has 0 aliphatic carbocycles. The normalized spacial score (nSPS) is 14.9. The van der Waals surface area contributed by atoms with E-state index in [0.29, 0.717) is 12.2 Å². The first kappa shape index (κ1) is 12.0. The minimum absolute atomic E-state index is 0.156. The Hall–Kier alpha value is -2.04. The molecule has 2 aromatic rings. The quantitative estimate of drug-likeness (QED) is 0.888. The van der Waals surface area contributed by atoms with Crippen LogP contribution in [-0.2, 0) is 6.54 Å². The standard InChI is InChI=1S/C14H17FN4/c15-13-9-11(16-10-12-5-6-17-18-12)3-4-14(13)19-7-1-2-8-19/h3-6,9,16H,1-2,7-8,10H2,(H,17,18). The van der Waals surface area contributed by atoms with Crippen LogP contribution in [0.4, 0.5) is 15.8 Å². The first-order valence-corrected chi connectivity index (χ1v) is 6.59. The van der Waals surface area contributed by atoms with Gasteiger partial charge in [0.1, 0.15) is 5.82 Å². The summed E-state index contributed by atoms with van der Waals surface area (Å²) in [5.74, 6) is -0.156. The molecule has 1 saturated heterocycles. The number of aromatic amines is 1.